The third kappa shape index (κ3) is 2.43. The zero-order valence-corrected chi connectivity index (χ0v) is 9.43. The Morgan fingerprint density at radius 1 is 1.07 bits per heavy atom. The molecule has 0 aliphatic heterocycles. The van der Waals surface area contributed by atoms with Gasteiger partial charge in [0.05, 0.1) is 16.3 Å². The van der Waals surface area contributed by atoms with Crippen molar-refractivity contribution in [1.82, 2.24) is 0 Å². The minimum atomic E-state index is -1.99. The van der Waals surface area contributed by atoms with E-state index in [4.69, 9.17) is 0 Å². The Kier molecular flexibility index (Phi) is 5.18. The van der Waals surface area contributed by atoms with Crippen molar-refractivity contribution in [2.24, 2.45) is 5.92 Å². The van der Waals surface area contributed by atoms with E-state index in [2.05, 4.69) is 0 Å². The summed E-state index contributed by atoms with van der Waals surface area (Å²) in [6.07, 6.45) is 1.36. The van der Waals surface area contributed by atoms with E-state index in [0.717, 1.165) is 0 Å². The highest BCUT2D eigenvalue weighted by Crippen LogP contribution is 2.32. The normalized spacial score (nSPS) is 11.7. The summed E-state index contributed by atoms with van der Waals surface area (Å²) in [4.78, 5) is 20.5. The number of nitrogens with zero attached hydrogens (tertiary/aromatic N) is 2. The van der Waals surface area contributed by atoms with Crippen molar-refractivity contribution < 1.29 is 9.85 Å². The minimum Gasteiger partial charge on any atom is -0.258 e. The molecule has 0 aliphatic carbocycles. The second-order valence-electron chi connectivity index (χ2n) is 3.66. The number of rotatable bonds is 7. The first kappa shape index (κ1) is 13.8. The van der Waals surface area contributed by atoms with E-state index < -0.39 is 21.4 Å². The second-order valence-corrected chi connectivity index (χ2v) is 3.66. The molecule has 0 saturated heterocycles. The lowest BCUT2D eigenvalue weighted by molar-refractivity contribution is -0.808. The van der Waals surface area contributed by atoms with E-state index in [1.165, 1.54) is 0 Å². The molecule has 0 aromatic rings. The third-order valence-corrected chi connectivity index (χ3v) is 2.89. The van der Waals surface area contributed by atoms with E-state index in [1.54, 1.807) is 20.8 Å². The summed E-state index contributed by atoms with van der Waals surface area (Å²) in [5, 5.41) is 22.0. The number of nitro groups is 2. The van der Waals surface area contributed by atoms with E-state index in [-0.39, 0.29) is 6.42 Å². The summed E-state index contributed by atoms with van der Waals surface area (Å²) < 4.78 is 0. The minimum absolute atomic E-state index is 0.000648. The van der Waals surface area contributed by atoms with Crippen LogP contribution in [-0.2, 0) is 0 Å². The fraction of sp³-hybridized carbons (Fsp3) is 1.00. The van der Waals surface area contributed by atoms with E-state index in [9.17, 15) is 20.2 Å². The van der Waals surface area contributed by atoms with Crippen LogP contribution < -0.4 is 0 Å². The van der Waals surface area contributed by atoms with Gasteiger partial charge in [0.25, 0.3) is 0 Å². The lowest BCUT2D eigenvalue weighted by Gasteiger charge is -2.23. The van der Waals surface area contributed by atoms with Crippen molar-refractivity contribution in [3.05, 3.63) is 20.2 Å². The molecule has 0 bridgehead atoms. The molecule has 0 heterocycles. The molecule has 88 valence electrons. The van der Waals surface area contributed by atoms with Gasteiger partial charge in [-0.15, -0.1) is 0 Å². The van der Waals surface area contributed by atoms with Gasteiger partial charge in [-0.05, 0) is 19.3 Å². The van der Waals surface area contributed by atoms with Crippen molar-refractivity contribution in [2.45, 2.75) is 52.1 Å². The van der Waals surface area contributed by atoms with Crippen molar-refractivity contribution in [3.63, 3.8) is 0 Å². The quantitative estimate of drug-likeness (QED) is 0.373. The van der Waals surface area contributed by atoms with E-state index >= 15 is 0 Å². The van der Waals surface area contributed by atoms with Crippen LogP contribution in [0.25, 0.3) is 0 Å². The first-order valence-electron chi connectivity index (χ1n) is 5.26. The van der Waals surface area contributed by atoms with Crippen molar-refractivity contribution in [3.8, 4) is 0 Å². The average Bonchev–Trinajstić information content (AvgIpc) is 2.17. The van der Waals surface area contributed by atoms with Crippen molar-refractivity contribution in [2.75, 3.05) is 0 Å². The first-order valence-corrected chi connectivity index (χ1v) is 5.26. The molecule has 0 aromatic carbocycles. The number of hydrogen-bond acceptors (Lipinski definition) is 4. The Balaban J connectivity index is 5.28. The van der Waals surface area contributed by atoms with Gasteiger partial charge in [0.1, 0.15) is 5.92 Å². The first-order chi connectivity index (χ1) is 6.97. The van der Waals surface area contributed by atoms with Gasteiger partial charge >= 0.3 is 5.66 Å². The fourth-order valence-corrected chi connectivity index (χ4v) is 2.06. The van der Waals surface area contributed by atoms with Gasteiger partial charge in [0, 0.05) is 0 Å². The molecule has 0 spiro atoms. The summed E-state index contributed by atoms with van der Waals surface area (Å²) in [6, 6.07) is 0. The zero-order valence-electron chi connectivity index (χ0n) is 9.43. The van der Waals surface area contributed by atoms with Gasteiger partial charge < -0.3 is 0 Å². The van der Waals surface area contributed by atoms with Crippen LogP contribution in [0.4, 0.5) is 0 Å². The maximum atomic E-state index is 11.0. The lowest BCUT2D eigenvalue weighted by Crippen LogP contribution is -2.52. The summed E-state index contributed by atoms with van der Waals surface area (Å²) in [6.45, 7) is 5.24. The van der Waals surface area contributed by atoms with Crippen LogP contribution in [0.1, 0.15) is 46.5 Å². The van der Waals surface area contributed by atoms with Crippen molar-refractivity contribution >= 4 is 0 Å². The summed E-state index contributed by atoms with van der Waals surface area (Å²) in [5.74, 6) is -0.498. The van der Waals surface area contributed by atoms with Crippen LogP contribution in [0.15, 0.2) is 0 Å². The summed E-state index contributed by atoms with van der Waals surface area (Å²) in [7, 11) is 0. The van der Waals surface area contributed by atoms with Gasteiger partial charge in [-0.2, -0.15) is 0 Å². The van der Waals surface area contributed by atoms with Crippen LogP contribution in [0.2, 0.25) is 0 Å². The maximum Gasteiger partial charge on any atom is 0.461 e. The molecular formula is C9H18N2O4. The molecule has 0 aromatic heterocycles. The van der Waals surface area contributed by atoms with Crippen LogP contribution >= 0.6 is 0 Å². The monoisotopic (exact) mass is 218 g/mol. The Morgan fingerprint density at radius 2 is 1.47 bits per heavy atom. The largest absolute Gasteiger partial charge is 0.461 e. The molecule has 0 atom stereocenters. The molecule has 0 saturated carbocycles. The van der Waals surface area contributed by atoms with Gasteiger partial charge in [-0.1, -0.05) is 20.8 Å². The highest BCUT2D eigenvalue weighted by Gasteiger charge is 2.60. The predicted octanol–water partition coefficient (Wildman–Crippen LogP) is 2.47. The number of hydrogen-bond donors (Lipinski definition) is 0. The van der Waals surface area contributed by atoms with E-state index in [0.29, 0.717) is 19.3 Å². The highest BCUT2D eigenvalue weighted by atomic mass is 16.7. The van der Waals surface area contributed by atoms with Gasteiger partial charge in [-0.3, -0.25) is 20.2 Å². The topological polar surface area (TPSA) is 86.3 Å². The third-order valence-electron chi connectivity index (χ3n) is 2.89. The Bertz CT molecular complexity index is 224. The summed E-state index contributed by atoms with van der Waals surface area (Å²) >= 11 is 0. The second kappa shape index (κ2) is 5.63. The molecule has 0 aliphatic rings. The standard InChI is InChI=1S/C9H18N2O4/c1-4-7-9(10(12)13,11(14)15)8(5-2)6-3/h8H,4-7H2,1-3H3. The SMILES string of the molecule is CCCC(C(CC)CC)([N+](=O)[O-])[N+](=O)[O-]. The molecule has 0 unspecified atom stereocenters. The predicted molar refractivity (Wildman–Crippen MR) is 55.7 cm³/mol. The lowest BCUT2D eigenvalue weighted by atomic mass is 9.85. The summed E-state index contributed by atoms with van der Waals surface area (Å²) in [5.41, 5.74) is -1.99. The van der Waals surface area contributed by atoms with Gasteiger partial charge in [0.15, 0.2) is 0 Å². The molecule has 0 fully saturated rings. The molecule has 6 heteroatoms. The zero-order chi connectivity index (χ0) is 12.1. The Labute approximate surface area is 89.0 Å². The Morgan fingerprint density at radius 3 is 1.67 bits per heavy atom. The fourth-order valence-electron chi connectivity index (χ4n) is 2.06. The molecule has 6 nitrogen and oxygen atoms in total. The van der Waals surface area contributed by atoms with E-state index in [1.807, 2.05) is 0 Å². The molecule has 0 rings (SSSR count). The van der Waals surface area contributed by atoms with Crippen LogP contribution in [0, 0.1) is 26.1 Å². The van der Waals surface area contributed by atoms with Gasteiger partial charge in [-0.25, -0.2) is 0 Å². The smallest absolute Gasteiger partial charge is 0.258 e. The highest BCUT2D eigenvalue weighted by molar-refractivity contribution is 4.75. The Hall–Kier alpha value is -1.20. The molecule has 0 radical (unpaired) electrons. The van der Waals surface area contributed by atoms with Crippen LogP contribution in [0.5, 0.6) is 0 Å². The molecule has 0 N–H and O–H groups in total. The maximum absolute atomic E-state index is 11.0. The molecular weight excluding hydrogens is 200 g/mol. The van der Waals surface area contributed by atoms with Crippen LogP contribution in [0.3, 0.4) is 0 Å². The average molecular weight is 218 g/mol. The molecule has 15 heavy (non-hydrogen) atoms. The van der Waals surface area contributed by atoms with Gasteiger partial charge in [0.2, 0.25) is 0 Å². The van der Waals surface area contributed by atoms with Crippen molar-refractivity contribution in [1.29, 1.82) is 0 Å². The van der Waals surface area contributed by atoms with Crippen LogP contribution in [-0.4, -0.2) is 15.5 Å². The molecule has 0 amide bonds.